The van der Waals surface area contributed by atoms with E-state index in [4.69, 9.17) is 0 Å². The van der Waals surface area contributed by atoms with Gasteiger partial charge in [0.1, 0.15) is 0 Å². The molecule has 12 aromatic rings. The van der Waals surface area contributed by atoms with Gasteiger partial charge in [-0.3, -0.25) is 0 Å². The van der Waals surface area contributed by atoms with Gasteiger partial charge in [-0.1, -0.05) is 27.0 Å². The van der Waals surface area contributed by atoms with Gasteiger partial charge in [-0.05, 0) is 95.7 Å². The summed E-state index contributed by atoms with van der Waals surface area (Å²) in [6.07, 6.45) is 0. The Labute approximate surface area is 495 Å². The summed E-state index contributed by atoms with van der Waals surface area (Å²) < 4.78 is 258. The van der Waals surface area contributed by atoms with Crippen molar-refractivity contribution >= 4 is 90.7 Å². The molecule has 84 heavy (non-hydrogen) atoms. The molecule has 4 aromatic carbocycles. The number of rotatable bonds is 10. The van der Waals surface area contributed by atoms with Crippen LogP contribution in [0, 0.1) is 105 Å². The quantitative estimate of drug-likeness (QED) is 0.0727. The molecule has 0 radical (unpaired) electrons. The smallest absolute Gasteiger partial charge is 0.200 e. The van der Waals surface area contributed by atoms with Crippen molar-refractivity contribution in [1.82, 2.24) is 0 Å². The van der Waals surface area contributed by atoms with Gasteiger partial charge in [0.2, 0.25) is 11.6 Å². The lowest BCUT2D eigenvalue weighted by molar-refractivity contribution is 0.381. The van der Waals surface area contributed by atoms with Gasteiger partial charge in [-0.15, -0.1) is 90.7 Å². The van der Waals surface area contributed by atoms with Crippen LogP contribution in [0.1, 0.15) is 14.9 Å². The first-order valence-corrected chi connectivity index (χ1v) is 29.3. The van der Waals surface area contributed by atoms with Gasteiger partial charge in [-0.25, -0.2) is 79.0 Å². The first kappa shape index (κ1) is 61.8. The van der Waals surface area contributed by atoms with E-state index in [9.17, 15) is 79.0 Å². The van der Waals surface area contributed by atoms with Crippen LogP contribution in [-0.2, 0) is 0 Å². The third-order valence-electron chi connectivity index (χ3n) is 12.1. The number of hydrogen-bond donors (Lipinski definition) is 0. The van der Waals surface area contributed by atoms with Crippen molar-refractivity contribution in [1.29, 1.82) is 0 Å². The Kier molecular flexibility index (Phi) is 17.9. The summed E-state index contributed by atoms with van der Waals surface area (Å²) in [5.41, 5.74) is -5.42. The highest BCUT2D eigenvalue weighted by atomic mass is 32.1. The van der Waals surface area contributed by atoms with Crippen LogP contribution in [0.25, 0.3) is 102 Å². The predicted octanol–water partition coefficient (Wildman–Crippen LogP) is 24.3. The highest BCUT2D eigenvalue weighted by Gasteiger charge is 2.33. The van der Waals surface area contributed by atoms with E-state index in [1.54, 1.807) is 24.3 Å². The minimum absolute atomic E-state index is 0. The predicted molar refractivity (Wildman–Crippen MR) is 303 cm³/mol. The Hall–Kier alpha value is -6.78. The number of thiophene rings is 8. The van der Waals surface area contributed by atoms with Crippen molar-refractivity contribution < 1.29 is 79.0 Å². The van der Waals surface area contributed by atoms with Crippen LogP contribution in [0.5, 0.6) is 0 Å². The molecule has 0 amide bonds. The van der Waals surface area contributed by atoms with Crippen LogP contribution in [0.2, 0.25) is 0 Å². The maximum absolute atomic E-state index is 15.0. The van der Waals surface area contributed by atoms with Crippen molar-refractivity contribution in [2.75, 3.05) is 0 Å². The molecule has 0 fully saturated rings. The van der Waals surface area contributed by atoms with Gasteiger partial charge in [-0.2, -0.15) is 0 Å². The number of hydrogen-bond acceptors (Lipinski definition) is 8. The molecule has 0 atom stereocenters. The molecule has 0 unspecified atom stereocenters. The maximum Gasteiger partial charge on any atom is 0.200 e. The highest BCUT2D eigenvalue weighted by Crippen LogP contribution is 2.49. The SMILES string of the molecule is C.C.Fc1c(F)c(-c2ccc(-c3ccc(-c4c(F)c(F)c(-c5cccs5)c(F)c4F)s3)s2)c(F)c(F)c1-c1cccs1.Fc1c(F)c(F)c(-c2ccc(-c3ccc(-c4ccc(-c5ccc(-c6c(F)c(F)c(F)c(F)c6F)s5)s4)s3)s2)c(F)c1F. The Morgan fingerprint density at radius 1 is 0.167 bits per heavy atom. The second kappa shape index (κ2) is 24.3. The summed E-state index contributed by atoms with van der Waals surface area (Å²) in [6, 6.07) is 23.5. The second-order valence-electron chi connectivity index (χ2n) is 16.8. The molecule has 0 aliphatic heterocycles. The largest absolute Gasteiger partial charge is 0.203 e. The Bertz CT molecular complexity index is 4060. The first-order valence-electron chi connectivity index (χ1n) is 22.6. The molecule has 0 aliphatic carbocycles. The van der Waals surface area contributed by atoms with E-state index in [0.717, 1.165) is 77.8 Å². The van der Waals surface area contributed by atoms with E-state index in [2.05, 4.69) is 0 Å². The molecule has 0 saturated heterocycles. The molecular weight excluding hydrogens is 1300 g/mol. The van der Waals surface area contributed by atoms with E-state index in [1.165, 1.54) is 106 Å². The Balaban J connectivity index is 0.000000197. The van der Waals surface area contributed by atoms with Crippen molar-refractivity contribution in [3.8, 4) is 102 Å². The first-order chi connectivity index (χ1) is 39.2. The molecule has 12 rings (SSSR count). The van der Waals surface area contributed by atoms with Gasteiger partial charge in [0.05, 0.1) is 33.4 Å². The van der Waals surface area contributed by atoms with Crippen LogP contribution in [0.3, 0.4) is 0 Å². The Morgan fingerprint density at radius 2 is 0.310 bits per heavy atom. The van der Waals surface area contributed by atoms with Gasteiger partial charge in [0.15, 0.2) is 93.1 Å². The van der Waals surface area contributed by atoms with Gasteiger partial charge in [0, 0.05) is 68.3 Å². The molecule has 0 nitrogen and oxygen atoms in total. The third-order valence-corrected chi connectivity index (χ3v) is 21.2. The van der Waals surface area contributed by atoms with Crippen LogP contribution in [-0.4, -0.2) is 0 Å². The lowest BCUT2D eigenvalue weighted by Gasteiger charge is -2.10. The van der Waals surface area contributed by atoms with Crippen LogP contribution in [0.15, 0.2) is 108 Å². The maximum atomic E-state index is 15.0. The fourth-order valence-electron chi connectivity index (χ4n) is 8.24. The number of benzene rings is 4. The van der Waals surface area contributed by atoms with E-state index in [1.807, 2.05) is 0 Å². The van der Waals surface area contributed by atoms with Crippen molar-refractivity contribution in [2.45, 2.75) is 14.9 Å². The fourth-order valence-corrected chi connectivity index (χ4v) is 16.3. The fraction of sp³-hybridized carbons (Fsp3) is 0.0345. The normalized spacial score (nSPS) is 11.3. The summed E-state index contributed by atoms with van der Waals surface area (Å²) in [5.74, 6) is -32.7. The standard InChI is InChI=1S/C28H8F10S4.C28H10F8S4.2CH4/c29-19-17(20(30)24(34)27(37)23(19)33)15-7-5-13(41-15)11-3-1-9(39-11)10-2-4-12(40-10)14-6-8-16(42-14)18-21(31)25(35)28(38)26(36)22(18)32;29-21-17(13-3-1-9-37-13)22(30)26(34)19(25(21)33)15-7-5-11(39-15)12-6-8-16(40-12)20-27(35)23(31)18(24(32)28(20)36)14-4-2-10-38-14;;/h1-8H;1-10H;2*1H4. The average molecular weight is 1320 g/mol. The molecule has 26 heteroatoms. The molecule has 0 N–H and O–H groups in total. The van der Waals surface area contributed by atoms with E-state index in [0.29, 0.717) is 29.3 Å². The van der Waals surface area contributed by atoms with Crippen LogP contribution in [0.4, 0.5) is 79.0 Å². The average Bonchev–Trinajstić information content (AvgIpc) is 4.42. The monoisotopic (exact) mass is 1320 g/mol. The van der Waals surface area contributed by atoms with E-state index in [-0.39, 0.29) is 44.1 Å². The second-order valence-corrected chi connectivity index (χ2v) is 25.2. The highest BCUT2D eigenvalue weighted by molar-refractivity contribution is 7.29. The summed E-state index contributed by atoms with van der Waals surface area (Å²) in [7, 11) is 0. The van der Waals surface area contributed by atoms with Gasteiger partial charge >= 0.3 is 0 Å². The zero-order valence-corrected chi connectivity index (χ0v) is 46.0. The molecule has 8 aromatic heterocycles. The summed E-state index contributed by atoms with van der Waals surface area (Å²) >= 11 is 7.68. The molecular formula is C58H26F18S8. The molecule has 0 saturated carbocycles. The minimum Gasteiger partial charge on any atom is -0.203 e. The van der Waals surface area contributed by atoms with Crippen LogP contribution < -0.4 is 0 Å². The topological polar surface area (TPSA) is 0 Å². The molecule has 8 heterocycles. The van der Waals surface area contributed by atoms with Crippen molar-refractivity contribution in [3.63, 3.8) is 0 Å². The zero-order chi connectivity index (χ0) is 58.3. The van der Waals surface area contributed by atoms with E-state index >= 15 is 0 Å². The molecule has 0 bridgehead atoms. The lowest BCUT2D eigenvalue weighted by atomic mass is 10.1. The summed E-state index contributed by atoms with van der Waals surface area (Å²) in [4.78, 5) is 4.05. The number of halogens is 18. The van der Waals surface area contributed by atoms with Gasteiger partial charge < -0.3 is 0 Å². The van der Waals surface area contributed by atoms with Crippen molar-refractivity contribution in [3.05, 3.63) is 213 Å². The summed E-state index contributed by atoms with van der Waals surface area (Å²) in [5, 5.41) is 3.02. The van der Waals surface area contributed by atoms with Gasteiger partial charge in [0.25, 0.3) is 0 Å². The molecule has 0 spiro atoms. The third kappa shape index (κ3) is 10.7. The van der Waals surface area contributed by atoms with Crippen molar-refractivity contribution in [2.24, 2.45) is 0 Å². The molecule has 0 aliphatic rings. The zero-order valence-electron chi connectivity index (χ0n) is 39.5. The Morgan fingerprint density at radius 3 is 0.488 bits per heavy atom. The van der Waals surface area contributed by atoms with Crippen LogP contribution >= 0.6 is 90.7 Å². The minimum atomic E-state index is -2.24. The van der Waals surface area contributed by atoms with E-state index < -0.39 is 138 Å². The lowest BCUT2D eigenvalue weighted by Crippen LogP contribution is -2.03. The molecule has 432 valence electrons. The summed E-state index contributed by atoms with van der Waals surface area (Å²) in [6.45, 7) is 0.